The number of esters is 1. The number of nitrogens with one attached hydrogen (secondary N) is 1. The highest BCUT2D eigenvalue weighted by atomic mass is 35.5. The largest absolute Gasteiger partial charge is 0.465 e. The van der Waals surface area contributed by atoms with Crippen molar-refractivity contribution in [3.8, 4) is 0 Å². The number of fused-ring (bicyclic) bond motifs is 1. The molecule has 0 bridgehead atoms. The Bertz CT molecular complexity index is 1760. The monoisotopic (exact) mass is 706 g/mol. The van der Waals surface area contributed by atoms with Gasteiger partial charge < -0.3 is 34.1 Å². The number of carbonyl (C=O) groups is 4. The van der Waals surface area contributed by atoms with Crippen molar-refractivity contribution in [2.24, 2.45) is 5.92 Å². The summed E-state index contributed by atoms with van der Waals surface area (Å²) in [5.74, 6) is -2.49. The molecule has 3 aromatic rings. The molecule has 3 amide bonds. The zero-order chi connectivity index (χ0) is 35.8. The predicted molar refractivity (Wildman–Crippen MR) is 184 cm³/mol. The van der Waals surface area contributed by atoms with Crippen molar-refractivity contribution in [1.29, 1.82) is 0 Å². The molecule has 0 spiro atoms. The van der Waals surface area contributed by atoms with Gasteiger partial charge >= 0.3 is 5.97 Å². The van der Waals surface area contributed by atoms with E-state index in [1.807, 2.05) is 19.1 Å². The van der Waals surface area contributed by atoms with Gasteiger partial charge in [0.25, 0.3) is 17.7 Å². The predicted octanol–water partition coefficient (Wildman–Crippen LogP) is 5.27. The lowest BCUT2D eigenvalue weighted by Crippen LogP contribution is -2.38. The molecule has 2 heterocycles. The number of carbonyl (C=O) groups excluding carboxylic acids is 4. The zero-order valence-corrected chi connectivity index (χ0v) is 28.7. The van der Waals surface area contributed by atoms with E-state index in [0.29, 0.717) is 60.4 Å². The topological polar surface area (TPSA) is 150 Å². The van der Waals surface area contributed by atoms with E-state index in [-0.39, 0.29) is 41.9 Å². The molecule has 2 aliphatic rings. The minimum atomic E-state index is -0.795. The number of imide groups is 1. The smallest absolute Gasteiger partial charge is 0.337 e. The average Bonchev–Trinajstić information content (AvgIpc) is 3.35. The molecule has 0 aromatic heterocycles. The summed E-state index contributed by atoms with van der Waals surface area (Å²) in [6, 6.07) is 16.4. The molecule has 3 aromatic carbocycles. The van der Waals surface area contributed by atoms with Gasteiger partial charge in [0, 0.05) is 35.8 Å². The number of aryl methyl sites for hydroxylation is 1. The molecule has 0 saturated carbocycles. The number of hydrogen-bond donors (Lipinski definition) is 2. The molecule has 0 fully saturated rings. The molecule has 0 aliphatic carbocycles. The number of allylic oxidation sites excluding steroid dienone is 1. The lowest BCUT2D eigenvalue weighted by atomic mass is 9.81. The van der Waals surface area contributed by atoms with Crippen LogP contribution in [0.5, 0.6) is 0 Å². The second-order valence-electron chi connectivity index (χ2n) is 11.6. The van der Waals surface area contributed by atoms with Crippen LogP contribution in [0.2, 0.25) is 5.02 Å². The van der Waals surface area contributed by atoms with E-state index in [0.717, 1.165) is 10.5 Å². The molecule has 3 atom stereocenters. The van der Waals surface area contributed by atoms with Crippen molar-refractivity contribution in [3.05, 3.63) is 105 Å². The Labute approximate surface area is 294 Å². The normalized spacial score (nSPS) is 18.4. The van der Waals surface area contributed by atoms with E-state index < -0.39 is 30.0 Å². The Hall–Kier alpha value is -4.59. The third-order valence-corrected chi connectivity index (χ3v) is 8.64. The molecule has 0 saturated heterocycles. The van der Waals surface area contributed by atoms with Crippen molar-refractivity contribution >= 4 is 46.7 Å². The van der Waals surface area contributed by atoms with Gasteiger partial charge in [-0.3, -0.25) is 14.4 Å². The van der Waals surface area contributed by atoms with Crippen LogP contribution < -0.4 is 10.2 Å². The van der Waals surface area contributed by atoms with Gasteiger partial charge in [0.15, 0.2) is 5.76 Å². The number of methoxy groups -OCH3 is 1. The third kappa shape index (κ3) is 8.23. The molecule has 12 nitrogen and oxygen atoms in total. The molecule has 2 N–H and O–H groups in total. The molecule has 2 aliphatic heterocycles. The van der Waals surface area contributed by atoms with Crippen LogP contribution in [0.1, 0.15) is 61.5 Å². The van der Waals surface area contributed by atoms with E-state index >= 15 is 0 Å². The SMILES string of the molecule is CCO[C@H]1OC(C(=O)Nc2ccc(N3C(=O)c4ccc(Cl)cc4C3=O)c(C)c2)=C[C@@H](c2ccc(C(=O)OC)cc2)[C@@H]1CCOCCOCCO. The van der Waals surface area contributed by atoms with E-state index in [9.17, 15) is 19.2 Å². The Kier molecular flexibility index (Phi) is 12.4. The second-order valence-corrected chi connectivity index (χ2v) is 12.0. The highest BCUT2D eigenvalue weighted by molar-refractivity contribution is 6.37. The van der Waals surface area contributed by atoms with Gasteiger partial charge in [-0.25, -0.2) is 9.69 Å². The minimum absolute atomic E-state index is 0.0408. The summed E-state index contributed by atoms with van der Waals surface area (Å²) in [5, 5.41) is 12.1. The molecular weight excluding hydrogens is 668 g/mol. The van der Waals surface area contributed by atoms with E-state index in [1.54, 1.807) is 49.4 Å². The number of hydrogen-bond acceptors (Lipinski definition) is 10. The molecule has 13 heteroatoms. The number of benzene rings is 3. The second kappa shape index (κ2) is 16.9. The first-order chi connectivity index (χ1) is 24.2. The molecule has 264 valence electrons. The first kappa shape index (κ1) is 36.7. The highest BCUT2D eigenvalue weighted by Gasteiger charge is 2.39. The number of halogens is 1. The van der Waals surface area contributed by atoms with Crippen molar-refractivity contribution < 1.29 is 48.0 Å². The fraction of sp³-hybridized carbons (Fsp3) is 0.351. The van der Waals surface area contributed by atoms with Gasteiger partial charge in [-0.05, 0) is 86.0 Å². The molecule has 0 unspecified atom stereocenters. The van der Waals surface area contributed by atoms with Crippen LogP contribution in [-0.4, -0.2) is 81.8 Å². The number of amides is 3. The van der Waals surface area contributed by atoms with Crippen LogP contribution in [0.25, 0.3) is 0 Å². The van der Waals surface area contributed by atoms with Gasteiger partial charge in [-0.2, -0.15) is 0 Å². The van der Waals surface area contributed by atoms with E-state index in [4.69, 9.17) is 40.4 Å². The Balaban J connectivity index is 1.36. The lowest BCUT2D eigenvalue weighted by molar-refractivity contribution is -0.166. The first-order valence-corrected chi connectivity index (χ1v) is 16.6. The number of aliphatic hydroxyl groups is 1. The summed E-state index contributed by atoms with van der Waals surface area (Å²) in [4.78, 5) is 53.1. The summed E-state index contributed by atoms with van der Waals surface area (Å²) in [6.45, 7) is 5.11. The van der Waals surface area contributed by atoms with E-state index in [1.165, 1.54) is 19.2 Å². The lowest BCUT2D eigenvalue weighted by Gasteiger charge is -2.37. The Morgan fingerprint density at radius 3 is 2.34 bits per heavy atom. The Morgan fingerprint density at radius 1 is 0.940 bits per heavy atom. The molecule has 5 rings (SSSR count). The number of rotatable bonds is 15. The van der Waals surface area contributed by atoms with Crippen LogP contribution in [0.4, 0.5) is 11.4 Å². The highest BCUT2D eigenvalue weighted by Crippen LogP contribution is 2.39. The standard InChI is InChI=1S/C37H39ClN2O10/c1-4-49-37-28(13-15-47-17-18-48-16-14-41)29(23-5-7-24(8-6-23)36(45)46-3)21-32(50-37)33(42)39-26-10-12-31(22(2)19-26)40-34(43)27-11-9-25(38)20-30(27)35(40)44/h5-12,19-21,28-29,37,41H,4,13-18H2,1-3H3,(H,39,42)/t28-,29-,37-/m0/s1. The van der Waals surface area contributed by atoms with Gasteiger partial charge in [-0.1, -0.05) is 23.7 Å². The average molecular weight is 707 g/mol. The number of ether oxygens (including phenoxy) is 5. The fourth-order valence-corrected chi connectivity index (χ4v) is 6.16. The molecular formula is C37H39ClN2O10. The first-order valence-electron chi connectivity index (χ1n) is 16.2. The van der Waals surface area contributed by atoms with Crippen molar-refractivity contribution in [1.82, 2.24) is 0 Å². The zero-order valence-electron chi connectivity index (χ0n) is 28.0. The minimum Gasteiger partial charge on any atom is -0.465 e. The maximum absolute atomic E-state index is 13.7. The summed E-state index contributed by atoms with van der Waals surface area (Å²) in [7, 11) is 1.32. The van der Waals surface area contributed by atoms with Crippen molar-refractivity contribution in [2.75, 3.05) is 57.0 Å². The third-order valence-electron chi connectivity index (χ3n) is 8.40. The van der Waals surface area contributed by atoms with Gasteiger partial charge in [-0.15, -0.1) is 0 Å². The van der Waals surface area contributed by atoms with Crippen molar-refractivity contribution in [2.45, 2.75) is 32.5 Å². The van der Waals surface area contributed by atoms with E-state index in [2.05, 4.69) is 5.32 Å². The summed E-state index contributed by atoms with van der Waals surface area (Å²) in [6.07, 6.45) is 1.46. The number of aliphatic hydroxyl groups excluding tert-OH is 1. The van der Waals surface area contributed by atoms with Crippen LogP contribution in [-0.2, 0) is 28.5 Å². The number of anilines is 2. The van der Waals surface area contributed by atoms with Crippen LogP contribution in [0.3, 0.4) is 0 Å². The fourth-order valence-electron chi connectivity index (χ4n) is 5.99. The van der Waals surface area contributed by atoms with Gasteiger partial charge in [0.2, 0.25) is 6.29 Å². The quantitative estimate of drug-likeness (QED) is 0.122. The van der Waals surface area contributed by atoms with Gasteiger partial charge in [0.05, 0.1) is 55.9 Å². The van der Waals surface area contributed by atoms with Crippen LogP contribution in [0, 0.1) is 12.8 Å². The van der Waals surface area contributed by atoms with Crippen LogP contribution >= 0.6 is 11.6 Å². The summed E-state index contributed by atoms with van der Waals surface area (Å²) < 4.78 is 28.1. The molecule has 0 radical (unpaired) electrons. The maximum Gasteiger partial charge on any atom is 0.337 e. The van der Waals surface area contributed by atoms with Crippen molar-refractivity contribution in [3.63, 3.8) is 0 Å². The maximum atomic E-state index is 13.7. The Morgan fingerprint density at radius 2 is 1.66 bits per heavy atom. The summed E-state index contributed by atoms with van der Waals surface area (Å²) in [5.41, 5.74) is 3.11. The number of nitrogens with zero attached hydrogens (tertiary/aromatic N) is 1. The van der Waals surface area contributed by atoms with Crippen LogP contribution in [0.15, 0.2) is 72.5 Å². The molecule has 50 heavy (non-hydrogen) atoms. The van der Waals surface area contributed by atoms with Gasteiger partial charge in [0.1, 0.15) is 0 Å². The summed E-state index contributed by atoms with van der Waals surface area (Å²) >= 11 is 6.07.